The topological polar surface area (TPSA) is 20.3 Å². The summed E-state index contributed by atoms with van der Waals surface area (Å²) in [6, 6.07) is 2.20. The Morgan fingerprint density at radius 2 is 1.91 bits per heavy atom. The highest BCUT2D eigenvalue weighted by Gasteiger charge is 2.31. The first kappa shape index (κ1) is 15.8. The minimum atomic E-state index is 0.246. The highest BCUT2D eigenvalue weighted by molar-refractivity contribution is 7.99. The van der Waals surface area contributed by atoms with Gasteiger partial charge in [-0.3, -0.25) is 4.79 Å². The summed E-state index contributed by atoms with van der Waals surface area (Å²) < 4.78 is 0. The molecule has 0 N–H and O–H groups in total. The van der Waals surface area contributed by atoms with Gasteiger partial charge in [-0.05, 0) is 74.4 Å². The number of carbonyl (C=O) groups is 1. The van der Waals surface area contributed by atoms with E-state index in [4.69, 9.17) is 0 Å². The van der Waals surface area contributed by atoms with Crippen molar-refractivity contribution in [3.05, 3.63) is 33.7 Å². The Balaban J connectivity index is 1.52. The van der Waals surface area contributed by atoms with Crippen molar-refractivity contribution < 1.29 is 4.79 Å². The molecule has 1 atom stereocenters. The first-order valence-corrected chi connectivity index (χ1v) is 11.0. The molecule has 23 heavy (non-hydrogen) atoms. The van der Waals surface area contributed by atoms with E-state index in [9.17, 15) is 4.79 Å². The van der Waals surface area contributed by atoms with E-state index in [-0.39, 0.29) is 5.91 Å². The molecule has 0 saturated carbocycles. The van der Waals surface area contributed by atoms with Crippen LogP contribution in [0.5, 0.6) is 0 Å². The lowest BCUT2D eigenvalue weighted by Crippen LogP contribution is -2.38. The minimum Gasteiger partial charge on any atom is -0.312 e. The molecule has 2 nitrogen and oxygen atoms in total. The first-order chi connectivity index (χ1) is 11.3. The van der Waals surface area contributed by atoms with Crippen LogP contribution < -0.4 is 0 Å². The second-order valence-electron chi connectivity index (χ2n) is 6.98. The second kappa shape index (κ2) is 7.02. The fourth-order valence-corrected chi connectivity index (χ4v) is 6.37. The average Bonchev–Trinajstić information content (AvgIpc) is 3.11. The third-order valence-electron chi connectivity index (χ3n) is 5.51. The summed E-state index contributed by atoms with van der Waals surface area (Å²) in [5.74, 6) is 4.11. The van der Waals surface area contributed by atoms with Gasteiger partial charge in [-0.1, -0.05) is 6.08 Å². The number of nitrogens with zero attached hydrogens (tertiary/aromatic N) is 1. The summed E-state index contributed by atoms with van der Waals surface area (Å²) in [6.07, 6.45) is 11.0. The second-order valence-corrected chi connectivity index (χ2v) is 9.15. The van der Waals surface area contributed by atoms with Gasteiger partial charge in [-0.15, -0.1) is 11.3 Å². The van der Waals surface area contributed by atoms with Crippen LogP contribution in [0, 0.1) is 5.92 Å². The number of thiophene rings is 1. The molecule has 0 spiro atoms. The van der Waals surface area contributed by atoms with Crippen LogP contribution >= 0.6 is 23.1 Å². The smallest absolute Gasteiger partial charge is 0.258 e. The monoisotopic (exact) mass is 347 g/mol. The van der Waals surface area contributed by atoms with Gasteiger partial charge in [0.2, 0.25) is 0 Å². The molecule has 1 aromatic rings. The van der Waals surface area contributed by atoms with E-state index in [1.165, 1.54) is 54.2 Å². The number of carbonyl (C=O) groups excluding carboxylic acids is 1. The SMILES string of the molecule is O=C(c1csc(C2CCSCC2)c1)N1CCCC2CCCC=C21. The average molecular weight is 348 g/mol. The number of fused-ring (bicyclic) bond motifs is 1. The van der Waals surface area contributed by atoms with Crippen molar-refractivity contribution in [2.75, 3.05) is 18.1 Å². The zero-order chi connectivity index (χ0) is 15.6. The molecule has 3 aliphatic rings. The molecular formula is C19H25NOS2. The van der Waals surface area contributed by atoms with E-state index in [0.717, 1.165) is 24.9 Å². The predicted octanol–water partition coefficient (Wildman–Crippen LogP) is 5.28. The van der Waals surface area contributed by atoms with E-state index >= 15 is 0 Å². The van der Waals surface area contributed by atoms with Crippen molar-refractivity contribution in [1.82, 2.24) is 4.90 Å². The van der Waals surface area contributed by atoms with E-state index in [0.29, 0.717) is 11.8 Å². The molecule has 1 aromatic heterocycles. The Bertz CT molecular complexity index is 600. The number of allylic oxidation sites excluding steroid dienone is 2. The quantitative estimate of drug-likeness (QED) is 0.725. The van der Waals surface area contributed by atoms with E-state index in [1.807, 2.05) is 0 Å². The fraction of sp³-hybridized carbons (Fsp3) is 0.632. The standard InChI is InChI=1S/C19H25NOS2/c21-19(20-9-3-5-14-4-1-2-6-17(14)20)16-12-18(23-13-16)15-7-10-22-11-8-15/h6,12-15H,1-5,7-11H2. The van der Waals surface area contributed by atoms with Gasteiger partial charge in [-0.25, -0.2) is 0 Å². The van der Waals surface area contributed by atoms with Crippen LogP contribution in [0.25, 0.3) is 0 Å². The van der Waals surface area contributed by atoms with Gasteiger partial charge in [0.15, 0.2) is 0 Å². The minimum absolute atomic E-state index is 0.246. The number of piperidine rings is 1. The molecule has 2 saturated heterocycles. The van der Waals surface area contributed by atoms with Gasteiger partial charge in [0, 0.05) is 22.5 Å². The highest BCUT2D eigenvalue weighted by atomic mass is 32.2. The lowest BCUT2D eigenvalue weighted by molar-refractivity contribution is 0.0749. The van der Waals surface area contributed by atoms with Crippen molar-refractivity contribution in [2.45, 2.75) is 50.9 Å². The molecule has 0 bridgehead atoms. The van der Waals surface area contributed by atoms with Gasteiger partial charge in [0.25, 0.3) is 5.91 Å². The number of rotatable bonds is 2. The number of hydrogen-bond acceptors (Lipinski definition) is 3. The first-order valence-electron chi connectivity index (χ1n) is 9.01. The summed E-state index contributed by atoms with van der Waals surface area (Å²) >= 11 is 3.87. The predicted molar refractivity (Wildman–Crippen MR) is 99.3 cm³/mol. The van der Waals surface area contributed by atoms with Gasteiger partial charge in [0.05, 0.1) is 5.56 Å². The van der Waals surface area contributed by atoms with Crippen molar-refractivity contribution in [3.8, 4) is 0 Å². The van der Waals surface area contributed by atoms with E-state index < -0.39 is 0 Å². The molecule has 4 rings (SSSR count). The zero-order valence-electron chi connectivity index (χ0n) is 13.6. The summed E-state index contributed by atoms with van der Waals surface area (Å²) in [4.78, 5) is 16.6. The maximum atomic E-state index is 13.0. The summed E-state index contributed by atoms with van der Waals surface area (Å²) in [5, 5.41) is 2.10. The van der Waals surface area contributed by atoms with Crippen LogP contribution in [0.4, 0.5) is 0 Å². The number of thioether (sulfide) groups is 1. The zero-order valence-corrected chi connectivity index (χ0v) is 15.3. The van der Waals surface area contributed by atoms with Crippen LogP contribution in [0.1, 0.15) is 66.1 Å². The number of likely N-dealkylation sites (tertiary alicyclic amines) is 1. The fourth-order valence-electron chi connectivity index (χ4n) is 4.21. The number of amides is 1. The van der Waals surface area contributed by atoms with Crippen molar-refractivity contribution in [1.29, 1.82) is 0 Å². The van der Waals surface area contributed by atoms with E-state index in [2.05, 4.69) is 34.2 Å². The summed E-state index contributed by atoms with van der Waals surface area (Å²) in [6.45, 7) is 0.909. The lowest BCUT2D eigenvalue weighted by atomic mass is 9.84. The van der Waals surface area contributed by atoms with Crippen LogP contribution in [0.15, 0.2) is 23.2 Å². The van der Waals surface area contributed by atoms with Crippen molar-refractivity contribution in [2.24, 2.45) is 5.92 Å². The molecular weight excluding hydrogens is 322 g/mol. The van der Waals surface area contributed by atoms with Gasteiger partial charge in [-0.2, -0.15) is 11.8 Å². The van der Waals surface area contributed by atoms with Crippen LogP contribution in [-0.2, 0) is 0 Å². The Morgan fingerprint density at radius 3 is 2.78 bits per heavy atom. The molecule has 1 aliphatic carbocycles. The van der Waals surface area contributed by atoms with Crippen molar-refractivity contribution >= 4 is 29.0 Å². The molecule has 3 heterocycles. The summed E-state index contributed by atoms with van der Waals surface area (Å²) in [5.41, 5.74) is 2.25. The molecule has 1 unspecified atom stereocenters. The molecule has 4 heteroatoms. The Labute approximate surface area is 147 Å². The maximum absolute atomic E-state index is 13.0. The molecule has 0 aromatic carbocycles. The Kier molecular flexibility index (Phi) is 4.81. The number of hydrogen-bond donors (Lipinski definition) is 0. The van der Waals surface area contributed by atoms with Crippen LogP contribution in [0.2, 0.25) is 0 Å². The van der Waals surface area contributed by atoms with Crippen LogP contribution in [0.3, 0.4) is 0 Å². The normalized spacial score (nSPS) is 25.8. The van der Waals surface area contributed by atoms with Gasteiger partial charge >= 0.3 is 0 Å². The summed E-state index contributed by atoms with van der Waals surface area (Å²) in [7, 11) is 0. The molecule has 0 radical (unpaired) electrons. The maximum Gasteiger partial charge on any atom is 0.258 e. The molecule has 124 valence electrons. The van der Waals surface area contributed by atoms with Gasteiger partial charge in [0.1, 0.15) is 0 Å². The largest absolute Gasteiger partial charge is 0.312 e. The molecule has 2 fully saturated rings. The molecule has 2 aliphatic heterocycles. The van der Waals surface area contributed by atoms with Crippen LogP contribution in [-0.4, -0.2) is 28.9 Å². The Morgan fingerprint density at radius 1 is 1.09 bits per heavy atom. The third-order valence-corrected chi connectivity index (χ3v) is 7.65. The van der Waals surface area contributed by atoms with Gasteiger partial charge < -0.3 is 4.90 Å². The molecule has 1 amide bonds. The highest BCUT2D eigenvalue weighted by Crippen LogP contribution is 2.38. The lowest BCUT2D eigenvalue weighted by Gasteiger charge is -2.37. The Hall–Kier alpha value is -0.740. The van der Waals surface area contributed by atoms with E-state index in [1.54, 1.807) is 11.3 Å². The third kappa shape index (κ3) is 3.25. The van der Waals surface area contributed by atoms with Crippen molar-refractivity contribution in [3.63, 3.8) is 0 Å².